The van der Waals surface area contributed by atoms with Gasteiger partial charge in [0.25, 0.3) is 0 Å². The molecule has 3 heterocycles. The molecule has 0 saturated carbocycles. The molecule has 24 heavy (non-hydrogen) atoms. The van der Waals surface area contributed by atoms with Gasteiger partial charge in [-0.3, -0.25) is 4.79 Å². The van der Waals surface area contributed by atoms with E-state index in [0.29, 0.717) is 6.54 Å². The molecule has 0 aromatic carbocycles. The minimum absolute atomic E-state index is 0.121. The molecule has 1 atom stereocenters. The maximum atomic E-state index is 11.9. The molecule has 128 valence electrons. The number of aryl methyl sites for hydroxylation is 1. The van der Waals surface area contributed by atoms with Gasteiger partial charge in [0, 0.05) is 48.4 Å². The summed E-state index contributed by atoms with van der Waals surface area (Å²) < 4.78 is 0. The summed E-state index contributed by atoms with van der Waals surface area (Å²) in [7, 11) is 1.83. The maximum Gasteiger partial charge on any atom is 0.241 e. The van der Waals surface area contributed by atoms with E-state index in [9.17, 15) is 4.79 Å². The number of carbonyl (C=O) groups is 1. The van der Waals surface area contributed by atoms with Crippen LogP contribution in [0.5, 0.6) is 0 Å². The highest BCUT2D eigenvalue weighted by molar-refractivity contribution is 7.11. The predicted molar refractivity (Wildman–Crippen MR) is 97.7 cm³/mol. The zero-order valence-corrected chi connectivity index (χ0v) is 15.1. The van der Waals surface area contributed by atoms with Gasteiger partial charge in [0.2, 0.25) is 5.91 Å². The number of thiophene rings is 1. The molecule has 2 aromatic rings. The zero-order valence-electron chi connectivity index (χ0n) is 14.3. The third-order valence-corrected chi connectivity index (χ3v) is 5.15. The van der Waals surface area contributed by atoms with E-state index in [4.69, 9.17) is 0 Å². The molecule has 1 amide bonds. The molecule has 1 fully saturated rings. The molecule has 0 spiro atoms. The third-order valence-electron chi connectivity index (χ3n) is 4.13. The second kappa shape index (κ2) is 7.17. The summed E-state index contributed by atoms with van der Waals surface area (Å²) in [6.45, 7) is 6.16. The Morgan fingerprint density at radius 2 is 2.17 bits per heavy atom. The molecule has 1 aliphatic rings. The van der Waals surface area contributed by atoms with Crippen LogP contribution in [0.1, 0.15) is 16.7 Å². The molecule has 3 rings (SSSR count). The first-order valence-electron chi connectivity index (χ1n) is 8.14. The van der Waals surface area contributed by atoms with Gasteiger partial charge in [0.1, 0.15) is 18.0 Å². The lowest BCUT2D eigenvalue weighted by Crippen LogP contribution is -2.48. The average Bonchev–Trinajstić information content (AvgIpc) is 2.95. The van der Waals surface area contributed by atoms with Gasteiger partial charge in [-0.2, -0.15) is 0 Å². The molecule has 0 aliphatic carbocycles. The quantitative estimate of drug-likeness (QED) is 0.900. The number of piperazine rings is 1. The normalized spacial score (nSPS) is 16.4. The Morgan fingerprint density at radius 1 is 1.33 bits per heavy atom. The van der Waals surface area contributed by atoms with E-state index in [0.717, 1.165) is 31.1 Å². The van der Waals surface area contributed by atoms with Crippen LogP contribution in [0.4, 0.5) is 11.6 Å². The molecule has 1 aliphatic heterocycles. The fourth-order valence-electron chi connectivity index (χ4n) is 2.75. The summed E-state index contributed by atoms with van der Waals surface area (Å²) in [5, 5.41) is 3.43. The third kappa shape index (κ3) is 4.03. The lowest BCUT2D eigenvalue weighted by Gasteiger charge is -2.32. The largest absolute Gasteiger partial charge is 0.367 e. The van der Waals surface area contributed by atoms with Gasteiger partial charge >= 0.3 is 0 Å². The van der Waals surface area contributed by atoms with Crippen LogP contribution < -0.4 is 10.2 Å². The number of anilines is 2. The lowest BCUT2D eigenvalue weighted by molar-refractivity contribution is -0.129. The van der Waals surface area contributed by atoms with Gasteiger partial charge in [0.05, 0.1) is 6.54 Å². The predicted octanol–water partition coefficient (Wildman–Crippen LogP) is 2.17. The van der Waals surface area contributed by atoms with E-state index in [1.54, 1.807) is 11.2 Å². The summed E-state index contributed by atoms with van der Waals surface area (Å²) in [6, 6.07) is 6.54. The van der Waals surface area contributed by atoms with E-state index in [1.165, 1.54) is 9.75 Å². The van der Waals surface area contributed by atoms with Crippen molar-refractivity contribution in [1.82, 2.24) is 14.9 Å². The van der Waals surface area contributed by atoms with Crippen molar-refractivity contribution < 1.29 is 4.79 Å². The fourth-order valence-corrected chi connectivity index (χ4v) is 3.77. The van der Waals surface area contributed by atoms with Gasteiger partial charge in [-0.15, -0.1) is 11.3 Å². The van der Waals surface area contributed by atoms with E-state index < -0.39 is 0 Å². The Balaban J connectivity index is 1.63. The van der Waals surface area contributed by atoms with Crippen molar-refractivity contribution in [2.45, 2.75) is 26.3 Å². The Kier molecular flexibility index (Phi) is 4.99. The number of nitrogens with zero attached hydrogens (tertiary/aromatic N) is 4. The van der Waals surface area contributed by atoms with E-state index >= 15 is 0 Å². The molecule has 1 unspecified atom stereocenters. The fraction of sp³-hybridized carbons (Fsp3) is 0.471. The van der Waals surface area contributed by atoms with Crippen molar-refractivity contribution in [2.75, 3.05) is 36.9 Å². The number of hydrogen-bond donors (Lipinski definition) is 1. The number of hydrogen-bond acceptors (Lipinski definition) is 6. The minimum atomic E-state index is 0.121. The van der Waals surface area contributed by atoms with Crippen molar-refractivity contribution in [1.29, 1.82) is 0 Å². The van der Waals surface area contributed by atoms with E-state index in [2.05, 4.69) is 41.3 Å². The highest BCUT2D eigenvalue weighted by atomic mass is 32.1. The SMILES string of the molecule is Cc1ccc(CC(C)Nc2cc(N3CCN(C)C(=O)C3)ncn2)s1. The van der Waals surface area contributed by atoms with Crippen molar-refractivity contribution >= 4 is 28.9 Å². The highest BCUT2D eigenvalue weighted by Crippen LogP contribution is 2.20. The van der Waals surface area contributed by atoms with Crippen LogP contribution in [0.3, 0.4) is 0 Å². The standard InChI is InChI=1S/C17H23N5OS/c1-12(8-14-5-4-13(2)24-14)20-15-9-16(19-11-18-15)22-7-6-21(3)17(23)10-22/h4-5,9,11-12H,6-8,10H2,1-3H3,(H,18,19,20). The summed E-state index contributed by atoms with van der Waals surface area (Å²) in [5.41, 5.74) is 0. The number of aromatic nitrogens is 2. The second-order valence-electron chi connectivity index (χ2n) is 6.26. The van der Waals surface area contributed by atoms with Crippen molar-refractivity contribution in [3.8, 4) is 0 Å². The summed E-state index contributed by atoms with van der Waals surface area (Å²) >= 11 is 1.83. The average molecular weight is 345 g/mol. The lowest BCUT2D eigenvalue weighted by atomic mass is 10.2. The summed E-state index contributed by atoms with van der Waals surface area (Å²) in [5.74, 6) is 1.72. The Labute approximate surface area is 146 Å². The Morgan fingerprint density at radius 3 is 2.88 bits per heavy atom. The molecule has 0 radical (unpaired) electrons. The highest BCUT2D eigenvalue weighted by Gasteiger charge is 2.22. The minimum Gasteiger partial charge on any atom is -0.367 e. The van der Waals surface area contributed by atoms with Gasteiger partial charge in [-0.05, 0) is 26.0 Å². The van der Waals surface area contributed by atoms with Crippen LogP contribution in [0, 0.1) is 6.92 Å². The number of likely N-dealkylation sites (N-methyl/N-ethyl adjacent to an activating group) is 1. The van der Waals surface area contributed by atoms with Crippen LogP contribution in [-0.4, -0.2) is 53.5 Å². The van der Waals surface area contributed by atoms with Crippen molar-refractivity contribution in [3.05, 3.63) is 34.3 Å². The van der Waals surface area contributed by atoms with Crippen LogP contribution in [0.25, 0.3) is 0 Å². The number of carbonyl (C=O) groups excluding carboxylic acids is 1. The molecule has 2 aromatic heterocycles. The van der Waals surface area contributed by atoms with Crippen LogP contribution >= 0.6 is 11.3 Å². The van der Waals surface area contributed by atoms with Crippen molar-refractivity contribution in [3.63, 3.8) is 0 Å². The van der Waals surface area contributed by atoms with Gasteiger partial charge in [-0.1, -0.05) is 0 Å². The topological polar surface area (TPSA) is 61.4 Å². The molecular weight excluding hydrogens is 322 g/mol. The Hall–Kier alpha value is -2.15. The molecule has 1 saturated heterocycles. The van der Waals surface area contributed by atoms with Crippen LogP contribution in [0.2, 0.25) is 0 Å². The number of nitrogens with one attached hydrogen (secondary N) is 1. The Bertz CT molecular complexity index is 717. The molecule has 1 N–H and O–H groups in total. The molecule has 7 heteroatoms. The summed E-state index contributed by atoms with van der Waals surface area (Å²) in [4.78, 5) is 27.0. The van der Waals surface area contributed by atoms with Crippen molar-refractivity contribution in [2.24, 2.45) is 0 Å². The number of amides is 1. The van der Waals surface area contributed by atoms with Gasteiger partial charge in [-0.25, -0.2) is 9.97 Å². The molecular formula is C17H23N5OS. The van der Waals surface area contributed by atoms with Gasteiger partial charge in [0.15, 0.2) is 0 Å². The molecule has 6 nitrogen and oxygen atoms in total. The van der Waals surface area contributed by atoms with Crippen LogP contribution in [-0.2, 0) is 11.2 Å². The summed E-state index contributed by atoms with van der Waals surface area (Å²) in [6.07, 6.45) is 2.52. The first-order chi connectivity index (χ1) is 11.5. The number of rotatable bonds is 5. The second-order valence-corrected chi connectivity index (χ2v) is 7.63. The van der Waals surface area contributed by atoms with Gasteiger partial charge < -0.3 is 15.1 Å². The van der Waals surface area contributed by atoms with E-state index in [-0.39, 0.29) is 11.9 Å². The first-order valence-corrected chi connectivity index (χ1v) is 8.96. The zero-order chi connectivity index (χ0) is 17.1. The first kappa shape index (κ1) is 16.7. The molecule has 0 bridgehead atoms. The smallest absolute Gasteiger partial charge is 0.241 e. The monoisotopic (exact) mass is 345 g/mol. The van der Waals surface area contributed by atoms with Crippen LogP contribution in [0.15, 0.2) is 24.5 Å². The van der Waals surface area contributed by atoms with E-state index in [1.807, 2.05) is 29.4 Å². The maximum absolute atomic E-state index is 11.9.